The molecule has 29 heavy (non-hydrogen) atoms. The van der Waals surface area contributed by atoms with Gasteiger partial charge in [-0.05, 0) is 86.0 Å². The van der Waals surface area contributed by atoms with E-state index in [4.69, 9.17) is 0 Å². The number of benzene rings is 1. The number of rotatable bonds is 6. The van der Waals surface area contributed by atoms with Gasteiger partial charge in [0, 0.05) is 30.2 Å². The highest BCUT2D eigenvalue weighted by molar-refractivity contribution is 7.92. The summed E-state index contributed by atoms with van der Waals surface area (Å²) in [5.74, 6) is 0.793. The summed E-state index contributed by atoms with van der Waals surface area (Å²) in [5.41, 5.74) is 5.87. The molecule has 2 fully saturated rings. The molecular weight excluding hydrogens is 386 g/mol. The smallest absolute Gasteiger partial charge is 0.307 e. The lowest BCUT2D eigenvalue weighted by molar-refractivity contribution is 0.119. The molecule has 156 valence electrons. The third-order valence-electron chi connectivity index (χ3n) is 6.80. The second-order valence-electron chi connectivity index (χ2n) is 8.96. The van der Waals surface area contributed by atoms with Crippen LogP contribution in [-0.4, -0.2) is 38.5 Å². The molecule has 5 rings (SSSR count). The molecule has 1 unspecified atom stereocenters. The molecule has 2 N–H and O–H groups in total. The number of hydrogen-bond donors (Lipinski definition) is 2. The molecule has 1 saturated carbocycles. The van der Waals surface area contributed by atoms with Gasteiger partial charge in [0.15, 0.2) is 0 Å². The Kier molecular flexibility index (Phi) is 4.90. The third kappa shape index (κ3) is 4.08. The molecule has 1 aromatic carbocycles. The van der Waals surface area contributed by atoms with Gasteiger partial charge in [0.25, 0.3) is 10.0 Å². The standard InChI is InChI=1S/C22H29N3O3S/c26-22(23-21-19-5-1-3-16(19)13-17-4-2-6-20(17)21)24-29(27,28)12-10-18-9-11-25(18)14-15-7-8-15/h10,12-13,15,18H,1-9,11,14H2,(H2,23,24,26)/b12-10+. The van der Waals surface area contributed by atoms with Crippen molar-refractivity contribution in [1.82, 2.24) is 9.62 Å². The van der Waals surface area contributed by atoms with Gasteiger partial charge in [-0.15, -0.1) is 0 Å². The second-order valence-corrected chi connectivity index (χ2v) is 10.5. The number of hydrogen-bond acceptors (Lipinski definition) is 4. The molecule has 1 aliphatic heterocycles. The van der Waals surface area contributed by atoms with Crippen LogP contribution in [0.15, 0.2) is 17.6 Å². The number of urea groups is 1. The zero-order valence-corrected chi connectivity index (χ0v) is 17.6. The van der Waals surface area contributed by atoms with Crippen molar-refractivity contribution in [3.8, 4) is 0 Å². The lowest BCUT2D eigenvalue weighted by Gasteiger charge is -2.39. The Morgan fingerprint density at radius 2 is 1.76 bits per heavy atom. The second kappa shape index (κ2) is 7.43. The number of amides is 2. The maximum atomic E-state index is 12.5. The Hall–Kier alpha value is -1.86. The number of aryl methyl sites for hydroxylation is 2. The molecule has 1 aromatic rings. The number of nitrogens with zero attached hydrogens (tertiary/aromatic N) is 1. The van der Waals surface area contributed by atoms with Crippen molar-refractivity contribution >= 4 is 21.7 Å². The largest absolute Gasteiger partial charge is 0.333 e. The van der Waals surface area contributed by atoms with Gasteiger partial charge in [-0.1, -0.05) is 12.1 Å². The molecule has 6 nitrogen and oxygen atoms in total. The minimum Gasteiger partial charge on any atom is -0.307 e. The highest BCUT2D eigenvalue weighted by Crippen LogP contribution is 2.38. The molecule has 1 atom stereocenters. The lowest BCUT2D eigenvalue weighted by Crippen LogP contribution is -2.47. The van der Waals surface area contributed by atoms with Gasteiger partial charge in [0.2, 0.25) is 0 Å². The highest BCUT2D eigenvalue weighted by Gasteiger charge is 2.32. The van der Waals surface area contributed by atoms with Gasteiger partial charge < -0.3 is 5.32 Å². The van der Waals surface area contributed by atoms with E-state index in [0.29, 0.717) is 0 Å². The fraction of sp³-hybridized carbons (Fsp3) is 0.591. The summed E-state index contributed by atoms with van der Waals surface area (Å²) in [6.07, 6.45) is 11.4. The summed E-state index contributed by atoms with van der Waals surface area (Å²) in [6, 6.07) is 1.81. The molecular formula is C22H29N3O3S. The van der Waals surface area contributed by atoms with Crippen molar-refractivity contribution in [2.75, 3.05) is 18.4 Å². The minimum atomic E-state index is -3.81. The summed E-state index contributed by atoms with van der Waals surface area (Å²) in [6.45, 7) is 2.09. The number of anilines is 1. The van der Waals surface area contributed by atoms with Gasteiger partial charge in [0.1, 0.15) is 0 Å². The maximum absolute atomic E-state index is 12.5. The fourth-order valence-electron chi connectivity index (χ4n) is 5.00. The van der Waals surface area contributed by atoms with E-state index in [1.54, 1.807) is 6.08 Å². The van der Waals surface area contributed by atoms with Crippen molar-refractivity contribution in [2.45, 2.75) is 63.8 Å². The van der Waals surface area contributed by atoms with Crippen molar-refractivity contribution in [1.29, 1.82) is 0 Å². The number of carbonyl (C=O) groups is 1. The number of likely N-dealkylation sites (tertiary alicyclic amines) is 1. The Balaban J connectivity index is 1.24. The van der Waals surface area contributed by atoms with E-state index < -0.39 is 16.1 Å². The highest BCUT2D eigenvalue weighted by atomic mass is 32.2. The zero-order valence-electron chi connectivity index (χ0n) is 16.7. The molecule has 0 radical (unpaired) electrons. The van der Waals surface area contributed by atoms with Gasteiger partial charge in [-0.25, -0.2) is 17.9 Å². The van der Waals surface area contributed by atoms with E-state index >= 15 is 0 Å². The van der Waals surface area contributed by atoms with E-state index in [-0.39, 0.29) is 6.04 Å². The normalized spacial score (nSPS) is 23.7. The predicted molar refractivity (Wildman–Crippen MR) is 113 cm³/mol. The van der Waals surface area contributed by atoms with E-state index in [1.165, 1.54) is 35.1 Å². The van der Waals surface area contributed by atoms with Crippen LogP contribution in [0.1, 0.15) is 54.4 Å². The van der Waals surface area contributed by atoms with Crippen LogP contribution in [0.5, 0.6) is 0 Å². The van der Waals surface area contributed by atoms with Crippen LogP contribution in [0.2, 0.25) is 0 Å². The summed E-state index contributed by atoms with van der Waals surface area (Å²) in [5, 5.41) is 4.05. The quantitative estimate of drug-likeness (QED) is 0.748. The van der Waals surface area contributed by atoms with E-state index in [0.717, 1.165) is 75.0 Å². The minimum absolute atomic E-state index is 0.177. The number of carbonyl (C=O) groups excluding carboxylic acids is 1. The van der Waals surface area contributed by atoms with E-state index in [9.17, 15) is 13.2 Å². The molecule has 2 amide bonds. The molecule has 3 aliphatic carbocycles. The summed E-state index contributed by atoms with van der Waals surface area (Å²) in [4.78, 5) is 14.8. The van der Waals surface area contributed by atoms with Crippen LogP contribution in [0.25, 0.3) is 0 Å². The van der Waals surface area contributed by atoms with Gasteiger partial charge in [-0.3, -0.25) is 4.90 Å². The number of sulfonamides is 1. The monoisotopic (exact) mass is 415 g/mol. The Morgan fingerprint density at radius 1 is 1.07 bits per heavy atom. The Labute approximate surface area is 172 Å². The number of fused-ring (bicyclic) bond motifs is 2. The van der Waals surface area contributed by atoms with Gasteiger partial charge >= 0.3 is 6.03 Å². The molecule has 4 aliphatic rings. The molecule has 0 spiro atoms. The summed E-state index contributed by atoms with van der Waals surface area (Å²) < 4.78 is 27.0. The predicted octanol–water partition coefficient (Wildman–Crippen LogP) is 3.11. The van der Waals surface area contributed by atoms with Crippen molar-refractivity contribution in [3.63, 3.8) is 0 Å². The van der Waals surface area contributed by atoms with Crippen LogP contribution < -0.4 is 10.0 Å². The first-order valence-electron chi connectivity index (χ1n) is 10.9. The van der Waals surface area contributed by atoms with Crippen LogP contribution in [0.3, 0.4) is 0 Å². The Morgan fingerprint density at radius 3 is 2.34 bits per heavy atom. The average Bonchev–Trinajstić information content (AvgIpc) is 3.13. The Bertz CT molecular complexity index is 934. The SMILES string of the molecule is O=C(Nc1c2c(cc3c1CCC3)CCC2)NS(=O)(=O)/C=C/C1CCN1CC1CC1. The summed E-state index contributed by atoms with van der Waals surface area (Å²) >= 11 is 0. The van der Waals surface area contributed by atoms with Crippen LogP contribution in [0, 0.1) is 5.92 Å². The first-order valence-corrected chi connectivity index (χ1v) is 12.5. The van der Waals surface area contributed by atoms with Crippen molar-refractivity contribution in [3.05, 3.63) is 39.8 Å². The zero-order chi connectivity index (χ0) is 20.0. The van der Waals surface area contributed by atoms with E-state index in [1.807, 2.05) is 0 Å². The van der Waals surface area contributed by atoms with Gasteiger partial charge in [-0.2, -0.15) is 0 Å². The molecule has 0 aromatic heterocycles. The maximum Gasteiger partial charge on any atom is 0.333 e. The van der Waals surface area contributed by atoms with Crippen molar-refractivity contribution < 1.29 is 13.2 Å². The first kappa shape index (κ1) is 19.1. The topological polar surface area (TPSA) is 78.5 Å². The number of nitrogens with one attached hydrogen (secondary N) is 2. The van der Waals surface area contributed by atoms with Crippen LogP contribution in [0.4, 0.5) is 10.5 Å². The average molecular weight is 416 g/mol. The van der Waals surface area contributed by atoms with Gasteiger partial charge in [0.05, 0.1) is 0 Å². The molecule has 0 bridgehead atoms. The van der Waals surface area contributed by atoms with Crippen LogP contribution >= 0.6 is 0 Å². The summed E-state index contributed by atoms with van der Waals surface area (Å²) in [7, 11) is -3.81. The fourth-order valence-corrected chi connectivity index (χ4v) is 5.77. The van der Waals surface area contributed by atoms with Crippen LogP contribution in [-0.2, 0) is 35.7 Å². The lowest BCUT2D eigenvalue weighted by atomic mass is 9.99. The molecule has 1 heterocycles. The molecule has 7 heteroatoms. The third-order valence-corrected chi connectivity index (χ3v) is 7.78. The van der Waals surface area contributed by atoms with Crippen molar-refractivity contribution in [2.24, 2.45) is 5.92 Å². The first-order chi connectivity index (χ1) is 14.0. The van der Waals surface area contributed by atoms with E-state index in [2.05, 4.69) is 21.0 Å². The molecule has 1 saturated heterocycles.